The molecule has 4 aromatic rings. The van der Waals surface area contributed by atoms with Crippen LogP contribution in [0.2, 0.25) is 0 Å². The van der Waals surface area contributed by atoms with Gasteiger partial charge in [0, 0.05) is 11.4 Å². The Labute approximate surface area is 132 Å². The highest BCUT2D eigenvalue weighted by Gasteiger charge is 2.09. The average Bonchev–Trinajstić information content (AvgIpc) is 3.17. The second-order valence-corrected chi connectivity index (χ2v) is 5.32. The minimum absolute atomic E-state index is 0.145. The molecule has 114 valence electrons. The van der Waals surface area contributed by atoms with Gasteiger partial charge in [-0.2, -0.15) is 0 Å². The van der Waals surface area contributed by atoms with E-state index >= 15 is 0 Å². The summed E-state index contributed by atoms with van der Waals surface area (Å²) in [6, 6.07) is 19.4. The summed E-state index contributed by atoms with van der Waals surface area (Å²) in [5.74, 6) is 0.750. The smallest absolute Gasteiger partial charge is 0.326 e. The van der Waals surface area contributed by atoms with E-state index in [2.05, 4.69) is 10.3 Å². The number of anilines is 2. The predicted molar refractivity (Wildman–Crippen MR) is 90.1 cm³/mol. The number of aromatic amines is 1. The Morgan fingerprint density at radius 3 is 2.65 bits per heavy atom. The first-order chi connectivity index (χ1) is 11.3. The van der Waals surface area contributed by atoms with Gasteiger partial charge in [0.1, 0.15) is 5.76 Å². The zero-order valence-electron chi connectivity index (χ0n) is 12.3. The quantitative estimate of drug-likeness (QED) is 0.604. The van der Waals surface area contributed by atoms with E-state index in [0.717, 1.165) is 28.2 Å². The summed E-state index contributed by atoms with van der Waals surface area (Å²) in [5.41, 5.74) is 3.43. The molecule has 2 N–H and O–H groups in total. The topological polar surface area (TPSA) is 63.0 Å². The molecule has 0 amide bonds. The molecule has 0 saturated carbocycles. The summed E-state index contributed by atoms with van der Waals surface area (Å²) in [5, 5.41) is 3.32. The molecule has 5 nitrogen and oxygen atoms in total. The van der Waals surface area contributed by atoms with Gasteiger partial charge in [-0.3, -0.25) is 4.57 Å². The number of H-pyrrole nitrogens is 1. The molecule has 0 aliphatic heterocycles. The van der Waals surface area contributed by atoms with Crippen LogP contribution in [0.25, 0.3) is 11.0 Å². The molecular weight excluding hydrogens is 290 g/mol. The lowest BCUT2D eigenvalue weighted by Crippen LogP contribution is -2.16. The van der Waals surface area contributed by atoms with Crippen molar-refractivity contribution >= 4 is 22.4 Å². The van der Waals surface area contributed by atoms with E-state index in [1.54, 1.807) is 10.8 Å². The van der Waals surface area contributed by atoms with Crippen LogP contribution in [-0.2, 0) is 6.54 Å². The van der Waals surface area contributed by atoms with Gasteiger partial charge in [0.05, 0.1) is 23.8 Å². The SMILES string of the molecule is O=c1[nH]c2cc(Nc3ccccc3)ccc2n1Cc1ccco1. The van der Waals surface area contributed by atoms with Gasteiger partial charge in [0.2, 0.25) is 0 Å². The summed E-state index contributed by atoms with van der Waals surface area (Å²) in [7, 11) is 0. The van der Waals surface area contributed by atoms with Gasteiger partial charge in [-0.05, 0) is 42.5 Å². The van der Waals surface area contributed by atoms with E-state index in [1.807, 2.05) is 60.7 Å². The van der Waals surface area contributed by atoms with Gasteiger partial charge >= 0.3 is 5.69 Å². The highest BCUT2D eigenvalue weighted by molar-refractivity contribution is 5.81. The van der Waals surface area contributed by atoms with Gasteiger partial charge in [-0.25, -0.2) is 4.79 Å². The molecule has 5 heteroatoms. The third kappa shape index (κ3) is 2.64. The number of benzene rings is 2. The normalized spacial score (nSPS) is 11.0. The summed E-state index contributed by atoms with van der Waals surface area (Å²) < 4.78 is 6.99. The van der Waals surface area contributed by atoms with E-state index in [9.17, 15) is 4.79 Å². The molecule has 0 atom stereocenters. The number of hydrogen-bond donors (Lipinski definition) is 2. The number of rotatable bonds is 4. The molecule has 2 aromatic carbocycles. The zero-order valence-corrected chi connectivity index (χ0v) is 12.3. The van der Waals surface area contributed by atoms with Crippen molar-refractivity contribution in [1.82, 2.24) is 9.55 Å². The van der Waals surface area contributed by atoms with Gasteiger partial charge < -0.3 is 14.7 Å². The fourth-order valence-corrected chi connectivity index (χ4v) is 2.64. The van der Waals surface area contributed by atoms with Gasteiger partial charge in [0.15, 0.2) is 0 Å². The molecule has 0 bridgehead atoms. The summed E-state index contributed by atoms with van der Waals surface area (Å²) in [6.07, 6.45) is 1.61. The third-order valence-corrected chi connectivity index (χ3v) is 3.73. The Bertz CT molecular complexity index is 982. The lowest BCUT2D eigenvalue weighted by Gasteiger charge is -2.06. The van der Waals surface area contributed by atoms with Crippen LogP contribution in [0.5, 0.6) is 0 Å². The fraction of sp³-hybridized carbons (Fsp3) is 0.0556. The number of furan rings is 1. The molecule has 23 heavy (non-hydrogen) atoms. The molecule has 0 spiro atoms. The minimum Gasteiger partial charge on any atom is -0.467 e. The summed E-state index contributed by atoms with van der Waals surface area (Å²) >= 11 is 0. The summed E-state index contributed by atoms with van der Waals surface area (Å²) in [4.78, 5) is 15.1. The van der Waals surface area contributed by atoms with Crippen LogP contribution in [-0.4, -0.2) is 9.55 Å². The standard InChI is InChI=1S/C18H15N3O2/c22-18-20-16-11-14(19-13-5-2-1-3-6-13)8-9-17(16)21(18)12-15-7-4-10-23-15/h1-11,19H,12H2,(H,20,22). The number of fused-ring (bicyclic) bond motifs is 1. The number of aromatic nitrogens is 2. The Kier molecular flexibility index (Phi) is 3.24. The first-order valence-corrected chi connectivity index (χ1v) is 7.37. The van der Waals surface area contributed by atoms with Crippen LogP contribution < -0.4 is 11.0 Å². The van der Waals surface area contributed by atoms with Crippen molar-refractivity contribution in [1.29, 1.82) is 0 Å². The van der Waals surface area contributed by atoms with Gasteiger partial charge in [0.25, 0.3) is 0 Å². The number of imidazole rings is 1. The van der Waals surface area contributed by atoms with E-state index in [-0.39, 0.29) is 5.69 Å². The van der Waals surface area contributed by atoms with Crippen LogP contribution in [0.3, 0.4) is 0 Å². The van der Waals surface area contributed by atoms with Crippen molar-refractivity contribution < 1.29 is 4.42 Å². The van der Waals surface area contributed by atoms with Crippen LogP contribution in [0.15, 0.2) is 76.1 Å². The van der Waals surface area contributed by atoms with E-state index < -0.39 is 0 Å². The van der Waals surface area contributed by atoms with E-state index in [1.165, 1.54) is 0 Å². The van der Waals surface area contributed by atoms with Crippen molar-refractivity contribution in [2.24, 2.45) is 0 Å². The first-order valence-electron chi connectivity index (χ1n) is 7.37. The number of para-hydroxylation sites is 1. The molecule has 0 aliphatic carbocycles. The second kappa shape index (κ2) is 5.53. The molecule has 2 aromatic heterocycles. The lowest BCUT2D eigenvalue weighted by molar-refractivity contribution is 0.493. The molecule has 2 heterocycles. The van der Waals surface area contributed by atoms with Crippen molar-refractivity contribution in [3.05, 3.63) is 83.2 Å². The number of nitrogens with one attached hydrogen (secondary N) is 2. The van der Waals surface area contributed by atoms with Gasteiger partial charge in [-0.1, -0.05) is 18.2 Å². The van der Waals surface area contributed by atoms with Crippen molar-refractivity contribution in [2.75, 3.05) is 5.32 Å². The van der Waals surface area contributed by atoms with E-state index in [0.29, 0.717) is 6.54 Å². The third-order valence-electron chi connectivity index (χ3n) is 3.73. The van der Waals surface area contributed by atoms with E-state index in [4.69, 9.17) is 4.42 Å². The maximum Gasteiger partial charge on any atom is 0.326 e. The Morgan fingerprint density at radius 2 is 1.87 bits per heavy atom. The Hall–Kier alpha value is -3.21. The van der Waals surface area contributed by atoms with Crippen molar-refractivity contribution in [3.63, 3.8) is 0 Å². The maximum atomic E-state index is 12.2. The summed E-state index contributed by atoms with van der Waals surface area (Å²) in [6.45, 7) is 0.414. The predicted octanol–water partition coefficient (Wildman–Crippen LogP) is 3.71. The molecule has 0 radical (unpaired) electrons. The molecule has 0 aliphatic rings. The Morgan fingerprint density at radius 1 is 1.00 bits per heavy atom. The van der Waals surface area contributed by atoms with Crippen LogP contribution in [0.1, 0.15) is 5.76 Å². The van der Waals surface area contributed by atoms with Crippen LogP contribution >= 0.6 is 0 Å². The highest BCUT2D eigenvalue weighted by Crippen LogP contribution is 2.21. The molecular formula is C18H15N3O2. The Balaban J connectivity index is 1.69. The monoisotopic (exact) mass is 305 g/mol. The zero-order chi connectivity index (χ0) is 15.6. The van der Waals surface area contributed by atoms with Gasteiger partial charge in [-0.15, -0.1) is 0 Å². The lowest BCUT2D eigenvalue weighted by atomic mass is 10.2. The minimum atomic E-state index is -0.145. The molecule has 4 rings (SSSR count). The fourth-order valence-electron chi connectivity index (χ4n) is 2.64. The maximum absolute atomic E-state index is 12.2. The first kappa shape index (κ1) is 13.5. The van der Waals surface area contributed by atoms with Crippen molar-refractivity contribution in [3.8, 4) is 0 Å². The van der Waals surface area contributed by atoms with Crippen molar-refractivity contribution in [2.45, 2.75) is 6.54 Å². The molecule has 0 saturated heterocycles. The average molecular weight is 305 g/mol. The largest absolute Gasteiger partial charge is 0.467 e. The van der Waals surface area contributed by atoms with Crippen LogP contribution in [0.4, 0.5) is 11.4 Å². The molecule has 0 fully saturated rings. The van der Waals surface area contributed by atoms with Crippen LogP contribution in [0, 0.1) is 0 Å². The molecule has 0 unspecified atom stereocenters. The number of nitrogens with zero attached hydrogens (tertiary/aromatic N) is 1. The number of hydrogen-bond acceptors (Lipinski definition) is 3. The highest BCUT2D eigenvalue weighted by atomic mass is 16.3. The second-order valence-electron chi connectivity index (χ2n) is 5.32.